The monoisotopic (exact) mass is 306 g/mol. The number of nitriles is 1. The van der Waals surface area contributed by atoms with E-state index in [2.05, 4.69) is 16.7 Å². The number of hydrogen-bond acceptors (Lipinski definition) is 4. The molecule has 1 aliphatic heterocycles. The minimum atomic E-state index is -0.881. The quantitative estimate of drug-likeness (QED) is 0.741. The topological polar surface area (TPSA) is 102 Å². The van der Waals surface area contributed by atoms with Gasteiger partial charge in [-0.15, -0.1) is 0 Å². The van der Waals surface area contributed by atoms with Gasteiger partial charge < -0.3 is 10.6 Å². The predicted octanol–water partition coefficient (Wildman–Crippen LogP) is 1.05. The molecule has 1 saturated carbocycles. The second-order valence-electron chi connectivity index (χ2n) is 6.56. The fourth-order valence-corrected chi connectivity index (χ4v) is 2.99. The second-order valence-corrected chi connectivity index (χ2v) is 6.56. The molecule has 0 aromatic heterocycles. The van der Waals surface area contributed by atoms with Crippen LogP contribution in [-0.4, -0.2) is 40.4 Å². The lowest BCUT2D eigenvalue weighted by molar-refractivity contribution is -0.130. The lowest BCUT2D eigenvalue weighted by Gasteiger charge is -2.22. The van der Waals surface area contributed by atoms with E-state index in [1.165, 1.54) is 0 Å². The van der Waals surface area contributed by atoms with Crippen molar-refractivity contribution < 1.29 is 14.4 Å². The van der Waals surface area contributed by atoms with Gasteiger partial charge in [-0.1, -0.05) is 0 Å². The maximum Gasteiger partial charge on any atom is 0.325 e. The van der Waals surface area contributed by atoms with Gasteiger partial charge in [-0.05, 0) is 46.0 Å². The van der Waals surface area contributed by atoms with Crippen LogP contribution in [0.2, 0.25) is 0 Å². The molecule has 1 saturated heterocycles. The molecular formula is C15H22N4O3. The summed E-state index contributed by atoms with van der Waals surface area (Å²) in [5, 5.41) is 14.6. The second kappa shape index (κ2) is 5.95. The van der Waals surface area contributed by atoms with Crippen molar-refractivity contribution in [3.8, 4) is 6.07 Å². The molecular weight excluding hydrogens is 284 g/mol. The Morgan fingerprint density at radius 3 is 2.50 bits per heavy atom. The van der Waals surface area contributed by atoms with Crippen LogP contribution in [-0.2, 0) is 9.59 Å². The van der Waals surface area contributed by atoms with Gasteiger partial charge >= 0.3 is 6.03 Å². The van der Waals surface area contributed by atoms with Crippen LogP contribution in [0.4, 0.5) is 4.79 Å². The van der Waals surface area contributed by atoms with Gasteiger partial charge in [-0.2, -0.15) is 5.26 Å². The lowest BCUT2D eigenvalue weighted by atomic mass is 9.99. The molecule has 120 valence electrons. The Morgan fingerprint density at radius 1 is 1.36 bits per heavy atom. The van der Waals surface area contributed by atoms with Crippen LogP contribution in [0.3, 0.4) is 0 Å². The number of nitrogens with zero attached hydrogens (tertiary/aromatic N) is 2. The Hall–Kier alpha value is -2.10. The number of hydrogen-bond donors (Lipinski definition) is 2. The van der Waals surface area contributed by atoms with Crippen molar-refractivity contribution in [1.82, 2.24) is 15.5 Å². The molecule has 7 heteroatoms. The van der Waals surface area contributed by atoms with E-state index in [-0.39, 0.29) is 24.8 Å². The highest BCUT2D eigenvalue weighted by Gasteiger charge is 2.43. The fourth-order valence-electron chi connectivity index (χ4n) is 2.99. The Kier molecular flexibility index (Phi) is 4.40. The molecule has 2 aliphatic rings. The number of carbonyl (C=O) groups is 3. The summed E-state index contributed by atoms with van der Waals surface area (Å²) < 4.78 is 0. The van der Waals surface area contributed by atoms with E-state index in [1.54, 1.807) is 13.8 Å². The minimum Gasteiger partial charge on any atom is -0.338 e. The van der Waals surface area contributed by atoms with Gasteiger partial charge in [0.2, 0.25) is 5.91 Å². The number of nitrogens with one attached hydrogen (secondary N) is 2. The maximum absolute atomic E-state index is 12.0. The van der Waals surface area contributed by atoms with Crippen LogP contribution in [0.5, 0.6) is 0 Å². The lowest BCUT2D eigenvalue weighted by Crippen LogP contribution is -2.45. The number of amides is 4. The van der Waals surface area contributed by atoms with E-state index in [9.17, 15) is 19.6 Å². The Balaban J connectivity index is 1.79. The number of carbonyl (C=O) groups excluding carboxylic acids is 3. The average molecular weight is 306 g/mol. The summed E-state index contributed by atoms with van der Waals surface area (Å²) >= 11 is 0. The van der Waals surface area contributed by atoms with Crippen LogP contribution in [0.15, 0.2) is 0 Å². The number of urea groups is 1. The van der Waals surface area contributed by atoms with E-state index < -0.39 is 17.1 Å². The molecule has 0 atom stereocenters. The highest BCUT2D eigenvalue weighted by atomic mass is 16.2. The predicted molar refractivity (Wildman–Crippen MR) is 78.5 cm³/mol. The zero-order valence-corrected chi connectivity index (χ0v) is 13.1. The molecule has 0 aromatic carbocycles. The summed E-state index contributed by atoms with van der Waals surface area (Å²) in [4.78, 5) is 36.8. The van der Waals surface area contributed by atoms with Crippen molar-refractivity contribution in [2.45, 2.75) is 63.5 Å². The zero-order valence-electron chi connectivity index (χ0n) is 13.1. The molecule has 0 aromatic rings. The summed E-state index contributed by atoms with van der Waals surface area (Å²) in [5.41, 5.74) is -1.60. The van der Waals surface area contributed by atoms with Gasteiger partial charge in [0.25, 0.3) is 5.91 Å². The number of rotatable bonds is 5. The smallest absolute Gasteiger partial charge is 0.325 e. The highest BCUT2D eigenvalue weighted by molar-refractivity contribution is 6.06. The first-order valence-electron chi connectivity index (χ1n) is 7.66. The van der Waals surface area contributed by atoms with Crippen molar-refractivity contribution in [1.29, 1.82) is 5.26 Å². The van der Waals surface area contributed by atoms with Gasteiger partial charge in [0.05, 0.1) is 6.07 Å². The molecule has 2 fully saturated rings. The minimum absolute atomic E-state index is 0.195. The fraction of sp³-hybridized carbons (Fsp3) is 0.733. The SMILES string of the molecule is CC1(C)NC(=O)N(CCCC(=O)NC2(C#N)CCCC2)C1=O. The molecule has 7 nitrogen and oxygen atoms in total. The Morgan fingerprint density at radius 2 is 2.00 bits per heavy atom. The van der Waals surface area contributed by atoms with Crippen LogP contribution in [0.1, 0.15) is 52.4 Å². The zero-order chi connectivity index (χ0) is 16.4. The molecule has 4 amide bonds. The van der Waals surface area contributed by atoms with E-state index >= 15 is 0 Å². The Bertz CT molecular complexity index is 529. The van der Waals surface area contributed by atoms with E-state index in [0.29, 0.717) is 19.3 Å². The van der Waals surface area contributed by atoms with Crippen molar-refractivity contribution in [2.75, 3.05) is 6.54 Å². The Labute approximate surface area is 130 Å². The van der Waals surface area contributed by atoms with Crippen LogP contribution in [0, 0.1) is 11.3 Å². The first-order chi connectivity index (χ1) is 10.3. The van der Waals surface area contributed by atoms with E-state index in [1.807, 2.05) is 0 Å². The summed E-state index contributed by atoms with van der Waals surface area (Å²) in [6.45, 7) is 3.51. The molecule has 0 spiro atoms. The molecule has 22 heavy (non-hydrogen) atoms. The number of imide groups is 1. The third kappa shape index (κ3) is 3.21. The van der Waals surface area contributed by atoms with Gasteiger partial charge in [0.1, 0.15) is 11.1 Å². The van der Waals surface area contributed by atoms with Gasteiger partial charge in [0.15, 0.2) is 0 Å². The molecule has 2 rings (SSSR count). The average Bonchev–Trinajstić information content (AvgIpc) is 2.97. The van der Waals surface area contributed by atoms with E-state index in [4.69, 9.17) is 0 Å². The third-order valence-electron chi connectivity index (χ3n) is 4.28. The molecule has 0 radical (unpaired) electrons. The van der Waals surface area contributed by atoms with Crippen molar-refractivity contribution in [3.63, 3.8) is 0 Å². The largest absolute Gasteiger partial charge is 0.338 e. The summed E-state index contributed by atoms with van der Waals surface area (Å²) in [6.07, 6.45) is 3.87. The third-order valence-corrected chi connectivity index (χ3v) is 4.28. The van der Waals surface area contributed by atoms with E-state index in [0.717, 1.165) is 17.7 Å². The molecule has 0 bridgehead atoms. The normalized spacial score (nSPS) is 22.3. The molecule has 2 N–H and O–H groups in total. The van der Waals surface area contributed by atoms with Crippen LogP contribution in [0.25, 0.3) is 0 Å². The van der Waals surface area contributed by atoms with Gasteiger partial charge in [-0.25, -0.2) is 4.79 Å². The standard InChI is InChI=1S/C15H22N4O3/c1-14(2)12(21)19(13(22)18-14)9-5-6-11(20)17-15(10-16)7-3-4-8-15/h3-9H2,1-2H3,(H,17,20)(H,18,22). The summed E-state index contributed by atoms with van der Waals surface area (Å²) in [6, 6.07) is 1.79. The van der Waals surface area contributed by atoms with Gasteiger partial charge in [0, 0.05) is 13.0 Å². The molecule has 0 unspecified atom stereocenters. The summed E-state index contributed by atoms with van der Waals surface area (Å²) in [7, 11) is 0. The molecule has 1 aliphatic carbocycles. The van der Waals surface area contributed by atoms with Crippen molar-refractivity contribution in [2.24, 2.45) is 0 Å². The van der Waals surface area contributed by atoms with Crippen molar-refractivity contribution in [3.05, 3.63) is 0 Å². The molecule has 1 heterocycles. The van der Waals surface area contributed by atoms with Crippen molar-refractivity contribution >= 4 is 17.8 Å². The highest BCUT2D eigenvalue weighted by Crippen LogP contribution is 2.29. The summed E-state index contributed by atoms with van der Waals surface area (Å²) in [5.74, 6) is -0.475. The van der Waals surface area contributed by atoms with Crippen LogP contribution < -0.4 is 10.6 Å². The van der Waals surface area contributed by atoms with Crippen LogP contribution >= 0.6 is 0 Å². The van der Waals surface area contributed by atoms with Gasteiger partial charge in [-0.3, -0.25) is 14.5 Å². The maximum atomic E-state index is 12.0. The first kappa shape index (κ1) is 16.3. The first-order valence-corrected chi connectivity index (χ1v) is 7.66.